The number of hydrogen-bond donors (Lipinski definition) is 2. The summed E-state index contributed by atoms with van der Waals surface area (Å²) in [4.78, 5) is 3.72. The van der Waals surface area contributed by atoms with Crippen LogP contribution in [0.1, 0.15) is 1.43 Å². The number of nitrogens with zero attached hydrogens (tertiary/aromatic N) is 1. The second-order valence-electron chi connectivity index (χ2n) is 2.06. The maximum absolute atomic E-state index is 10.4. The van der Waals surface area contributed by atoms with Gasteiger partial charge in [-0.15, -0.1) is 0 Å². The van der Waals surface area contributed by atoms with Crippen LogP contribution in [0.15, 0.2) is 21.2 Å². The Morgan fingerprint density at radius 1 is 1.50 bits per heavy atom. The summed E-state index contributed by atoms with van der Waals surface area (Å²) in [7, 11) is -4.27. The van der Waals surface area contributed by atoms with Crippen LogP contribution in [0.3, 0.4) is 0 Å². The molecule has 0 aliphatic carbocycles. The molecule has 0 spiro atoms. The normalized spacial score (nSPS) is 10.5. The smallest absolute Gasteiger partial charge is 1.00 e. The molecule has 0 unspecified atom stereocenters. The van der Waals surface area contributed by atoms with E-state index in [0.29, 0.717) is 8.95 Å². The predicted molar refractivity (Wildman–Crippen MR) is 55.9 cm³/mol. The van der Waals surface area contributed by atoms with E-state index in [1.165, 1.54) is 6.20 Å². The van der Waals surface area contributed by atoms with Crippen LogP contribution in [-0.4, -0.2) is 18.0 Å². The van der Waals surface area contributed by atoms with Crippen molar-refractivity contribution < 1.29 is 44.0 Å². The van der Waals surface area contributed by atoms with Crippen LogP contribution in [0, 0.1) is 0 Å². The molecule has 0 bridgehead atoms. The summed E-state index contributed by atoms with van der Waals surface area (Å²) in [5.41, 5.74) is 0. The molecule has 0 atom stereocenters. The first-order chi connectivity index (χ1) is 5.88. The Morgan fingerprint density at radius 2 is 2.07 bits per heavy atom. The van der Waals surface area contributed by atoms with Gasteiger partial charge in [0.05, 0.1) is 4.47 Å². The van der Waals surface area contributed by atoms with Crippen LogP contribution in [-0.2, 0) is 10.3 Å². The number of aromatic nitrogens is 1. The van der Waals surface area contributed by atoms with E-state index >= 15 is 0 Å². The molecule has 0 saturated carbocycles. The van der Waals surface area contributed by atoms with Crippen molar-refractivity contribution >= 4 is 48.0 Å². The van der Waals surface area contributed by atoms with Crippen molar-refractivity contribution in [3.63, 3.8) is 0 Å². The van der Waals surface area contributed by atoms with Gasteiger partial charge < -0.3 is 1.43 Å². The minimum Gasteiger partial charge on any atom is -1.00 e. The molecule has 0 aliphatic heterocycles. The molecule has 74 valence electrons. The third-order valence-electron chi connectivity index (χ3n) is 1.03. The van der Waals surface area contributed by atoms with Crippen LogP contribution in [0.4, 0.5) is 5.82 Å². The molecule has 14 heavy (non-hydrogen) atoms. The van der Waals surface area contributed by atoms with Gasteiger partial charge in [-0.05, 0) is 37.9 Å². The summed E-state index contributed by atoms with van der Waals surface area (Å²) >= 11 is 6.21. The molecule has 5 nitrogen and oxygen atoms in total. The third kappa shape index (κ3) is 5.06. The topological polar surface area (TPSA) is 79.3 Å². The molecule has 0 saturated heterocycles. The van der Waals surface area contributed by atoms with Crippen molar-refractivity contribution in [2.24, 2.45) is 0 Å². The van der Waals surface area contributed by atoms with E-state index in [1.54, 1.807) is 6.07 Å². The molecular weight excluding hydrogens is 351 g/mol. The molecule has 2 N–H and O–H groups in total. The molecule has 0 fully saturated rings. The number of halogens is 2. The van der Waals surface area contributed by atoms with Gasteiger partial charge in [0.15, 0.2) is 5.82 Å². The predicted octanol–water partition coefficient (Wildman–Crippen LogP) is -1.06. The molecule has 0 aromatic carbocycles. The number of anilines is 1. The SMILES string of the molecule is O=S(=O)(O)Nc1ncc(Br)cc1Br.[H-].[Na+]. The van der Waals surface area contributed by atoms with Crippen molar-refractivity contribution in [2.45, 2.75) is 0 Å². The van der Waals surface area contributed by atoms with Gasteiger partial charge in [0.2, 0.25) is 0 Å². The van der Waals surface area contributed by atoms with Crippen molar-refractivity contribution in [3.05, 3.63) is 21.2 Å². The summed E-state index contributed by atoms with van der Waals surface area (Å²) < 4.78 is 32.2. The fourth-order valence-corrected chi connectivity index (χ4v) is 2.24. The average Bonchev–Trinajstić information content (AvgIpc) is 1.93. The Labute approximate surface area is 122 Å². The largest absolute Gasteiger partial charge is 1.00 e. The number of nitrogens with one attached hydrogen (secondary N) is 1. The van der Waals surface area contributed by atoms with Crippen molar-refractivity contribution in [2.75, 3.05) is 4.72 Å². The summed E-state index contributed by atoms with van der Waals surface area (Å²) in [5, 5.41) is 0. The summed E-state index contributed by atoms with van der Waals surface area (Å²) in [6.45, 7) is 0. The second kappa shape index (κ2) is 5.78. The first kappa shape index (κ1) is 14.8. The van der Waals surface area contributed by atoms with Gasteiger partial charge in [-0.25, -0.2) is 9.71 Å². The van der Waals surface area contributed by atoms with Crippen LogP contribution in [0.5, 0.6) is 0 Å². The van der Waals surface area contributed by atoms with Crippen LogP contribution >= 0.6 is 31.9 Å². The van der Waals surface area contributed by atoms with Crippen molar-refractivity contribution in [1.82, 2.24) is 4.98 Å². The minimum atomic E-state index is -4.27. The zero-order valence-electron chi connectivity index (χ0n) is 8.03. The van der Waals surface area contributed by atoms with Crippen molar-refractivity contribution in [1.29, 1.82) is 0 Å². The Morgan fingerprint density at radius 3 is 2.50 bits per heavy atom. The molecule has 9 heteroatoms. The van der Waals surface area contributed by atoms with Crippen LogP contribution in [0.25, 0.3) is 0 Å². The van der Waals surface area contributed by atoms with E-state index < -0.39 is 10.3 Å². The summed E-state index contributed by atoms with van der Waals surface area (Å²) in [6, 6.07) is 1.60. The molecule has 1 aromatic rings. The van der Waals surface area contributed by atoms with E-state index in [9.17, 15) is 8.42 Å². The van der Waals surface area contributed by atoms with E-state index in [1.807, 2.05) is 4.72 Å². The Hall–Kier alpha value is 0.820. The van der Waals surface area contributed by atoms with Gasteiger partial charge in [-0.2, -0.15) is 8.42 Å². The van der Waals surface area contributed by atoms with E-state index in [4.69, 9.17) is 4.55 Å². The summed E-state index contributed by atoms with van der Waals surface area (Å²) in [5.74, 6) is 0.0331. The molecule has 0 radical (unpaired) electrons. The maximum atomic E-state index is 10.4. The average molecular weight is 356 g/mol. The van der Waals surface area contributed by atoms with Gasteiger partial charge in [-0.3, -0.25) is 4.55 Å². The monoisotopic (exact) mass is 354 g/mol. The Kier molecular flexibility index (Phi) is 6.12. The van der Waals surface area contributed by atoms with E-state index in [2.05, 4.69) is 36.8 Å². The molecule has 0 amide bonds. The van der Waals surface area contributed by atoms with Gasteiger partial charge in [0.1, 0.15) is 0 Å². The fourth-order valence-electron chi connectivity index (χ4n) is 0.612. The number of pyridine rings is 1. The van der Waals surface area contributed by atoms with Crippen LogP contribution in [0.2, 0.25) is 0 Å². The number of rotatable bonds is 2. The molecule has 0 aliphatic rings. The number of hydrogen-bond acceptors (Lipinski definition) is 3. The summed E-state index contributed by atoms with van der Waals surface area (Å²) in [6.07, 6.45) is 1.40. The molecular formula is C5H5Br2N2NaO3S. The Balaban J connectivity index is 0. The minimum absolute atomic E-state index is 0. The van der Waals surface area contributed by atoms with Crippen LogP contribution < -0.4 is 34.3 Å². The van der Waals surface area contributed by atoms with E-state index in [0.717, 1.165) is 0 Å². The zero-order chi connectivity index (χ0) is 10.1. The molecule has 1 rings (SSSR count). The first-order valence-electron chi connectivity index (χ1n) is 2.95. The molecule has 1 heterocycles. The standard InChI is InChI=1S/C5H4Br2N2O3S.Na.H/c6-3-1-4(7)5(8-2-3)9-13(10,11)12;;/h1-2H,(H,8,9)(H,10,11,12);;/q;+1;-1. The fraction of sp³-hybridized carbons (Fsp3) is 0. The second-order valence-corrected chi connectivity index (χ2v) is 4.99. The maximum Gasteiger partial charge on any atom is 1.00 e. The van der Waals surface area contributed by atoms with E-state index in [-0.39, 0.29) is 36.8 Å². The van der Waals surface area contributed by atoms with Gasteiger partial charge >= 0.3 is 39.9 Å². The van der Waals surface area contributed by atoms with Gasteiger partial charge in [0.25, 0.3) is 0 Å². The first-order valence-corrected chi connectivity index (χ1v) is 5.97. The van der Waals surface area contributed by atoms with Gasteiger partial charge in [-0.1, -0.05) is 0 Å². The van der Waals surface area contributed by atoms with Gasteiger partial charge in [0, 0.05) is 10.7 Å². The third-order valence-corrected chi connectivity index (χ3v) is 2.52. The van der Waals surface area contributed by atoms with Crippen molar-refractivity contribution in [3.8, 4) is 0 Å². The Bertz CT molecular complexity index is 430. The molecule has 1 aromatic heterocycles. The zero-order valence-corrected chi connectivity index (χ0v) is 13.0. The quantitative estimate of drug-likeness (QED) is 0.523.